The zero-order valence-electron chi connectivity index (χ0n) is 16.7. The van der Waals surface area contributed by atoms with E-state index in [0.29, 0.717) is 15.7 Å². The van der Waals surface area contributed by atoms with E-state index >= 15 is 0 Å². The number of carbonyl (C=O) groups excluding carboxylic acids is 3. The third kappa shape index (κ3) is 8.51. The molecule has 4 N–H and O–H groups in total. The van der Waals surface area contributed by atoms with Crippen LogP contribution in [0.5, 0.6) is 5.75 Å². The molecule has 8 nitrogen and oxygen atoms in total. The molecule has 0 spiro atoms. The molecule has 0 bridgehead atoms. The first-order valence-electron chi connectivity index (χ1n) is 9.21. The van der Waals surface area contributed by atoms with Crippen LogP contribution in [0.4, 0.5) is 5.69 Å². The van der Waals surface area contributed by atoms with Gasteiger partial charge in [0.25, 0.3) is 5.91 Å². The number of halogens is 3. The van der Waals surface area contributed by atoms with Gasteiger partial charge in [-0.15, -0.1) is 0 Å². The monoisotopic (exact) mass is 516 g/mol. The second-order valence-corrected chi connectivity index (χ2v) is 8.01. The number of thiocarbonyl (C=S) groups is 1. The van der Waals surface area contributed by atoms with E-state index < -0.39 is 17.9 Å². The van der Waals surface area contributed by atoms with Gasteiger partial charge in [0, 0.05) is 17.9 Å². The molecule has 0 aliphatic rings. The minimum Gasteiger partial charge on any atom is -0.479 e. The minimum atomic E-state index is -0.933. The van der Waals surface area contributed by atoms with Crippen molar-refractivity contribution in [2.24, 2.45) is 0 Å². The first-order valence-corrected chi connectivity index (χ1v) is 10.8. The lowest BCUT2D eigenvalue weighted by atomic mass is 10.2. The summed E-state index contributed by atoms with van der Waals surface area (Å²) >= 11 is 22.8. The normalized spacial score (nSPS) is 11.1. The fourth-order valence-electron chi connectivity index (χ4n) is 2.25. The molecule has 170 valence electrons. The summed E-state index contributed by atoms with van der Waals surface area (Å²) in [7, 11) is 0. The summed E-state index contributed by atoms with van der Waals surface area (Å²) in [5.41, 5.74) is 5.13. The van der Waals surface area contributed by atoms with Crippen LogP contribution in [0.25, 0.3) is 0 Å². The van der Waals surface area contributed by atoms with Crippen molar-refractivity contribution in [3.8, 4) is 5.75 Å². The van der Waals surface area contributed by atoms with Crippen molar-refractivity contribution in [3.05, 3.63) is 57.5 Å². The maximum Gasteiger partial charge on any atom is 0.266 e. The average molecular weight is 518 g/mol. The molecule has 0 heterocycles. The van der Waals surface area contributed by atoms with Crippen LogP contribution in [0.3, 0.4) is 0 Å². The van der Waals surface area contributed by atoms with Gasteiger partial charge in [-0.1, -0.05) is 46.9 Å². The number of hydrazine groups is 1. The lowest BCUT2D eigenvalue weighted by Gasteiger charge is -2.16. The van der Waals surface area contributed by atoms with E-state index in [-0.39, 0.29) is 34.6 Å². The van der Waals surface area contributed by atoms with E-state index in [2.05, 4.69) is 21.5 Å². The van der Waals surface area contributed by atoms with Crippen LogP contribution in [0.1, 0.15) is 19.8 Å². The van der Waals surface area contributed by atoms with Crippen LogP contribution in [0.15, 0.2) is 42.5 Å². The zero-order chi connectivity index (χ0) is 23.7. The van der Waals surface area contributed by atoms with Crippen LogP contribution in [0.2, 0.25) is 15.1 Å². The second kappa shape index (κ2) is 12.4. The predicted octanol–water partition coefficient (Wildman–Crippen LogP) is 3.85. The number of ether oxygens (including phenoxy) is 1. The van der Waals surface area contributed by atoms with Gasteiger partial charge in [0.05, 0.1) is 15.7 Å². The van der Waals surface area contributed by atoms with Crippen LogP contribution in [-0.2, 0) is 14.4 Å². The number of amides is 3. The molecule has 0 radical (unpaired) electrons. The van der Waals surface area contributed by atoms with Gasteiger partial charge in [0.15, 0.2) is 11.2 Å². The summed E-state index contributed by atoms with van der Waals surface area (Å²) in [5.74, 6) is -1.17. The molecule has 32 heavy (non-hydrogen) atoms. The van der Waals surface area contributed by atoms with Crippen LogP contribution >= 0.6 is 47.0 Å². The van der Waals surface area contributed by atoms with Crippen molar-refractivity contribution in [2.45, 2.75) is 25.9 Å². The van der Waals surface area contributed by atoms with E-state index in [1.54, 1.807) is 30.3 Å². The number of carbonyl (C=O) groups is 3. The highest BCUT2D eigenvalue weighted by Gasteiger charge is 2.18. The topological polar surface area (TPSA) is 109 Å². The Morgan fingerprint density at radius 2 is 1.66 bits per heavy atom. The van der Waals surface area contributed by atoms with Crippen molar-refractivity contribution in [1.29, 1.82) is 0 Å². The molecule has 2 aromatic rings. The highest BCUT2D eigenvalue weighted by Crippen LogP contribution is 2.28. The molecule has 1 atom stereocenters. The summed E-state index contributed by atoms with van der Waals surface area (Å²) in [6, 6.07) is 11.3. The van der Waals surface area contributed by atoms with Gasteiger partial charge in [-0.2, -0.15) is 0 Å². The zero-order valence-corrected chi connectivity index (χ0v) is 19.8. The standard InChI is InChI=1S/C20H19Cl3N4O4S/c1-11(31-16-7-6-12(21)10-14(16)23)19(30)25-20(32)27-26-18(29)9-8-17(28)24-15-5-3-2-4-13(15)22/h2-7,10-11H,8-9H2,1H3,(H,24,28)(H,26,29)(H2,25,27,30,32). The Balaban J connectivity index is 1.70. The molecule has 2 rings (SSSR count). The van der Waals surface area contributed by atoms with Crippen molar-refractivity contribution in [3.63, 3.8) is 0 Å². The van der Waals surface area contributed by atoms with Crippen LogP contribution in [0, 0.1) is 0 Å². The Morgan fingerprint density at radius 3 is 2.34 bits per heavy atom. The molecule has 0 aliphatic carbocycles. The fraction of sp³-hybridized carbons (Fsp3) is 0.200. The first-order chi connectivity index (χ1) is 15.2. The van der Waals surface area contributed by atoms with Crippen molar-refractivity contribution in [1.82, 2.24) is 16.2 Å². The summed E-state index contributed by atoms with van der Waals surface area (Å²) in [6.45, 7) is 1.50. The quantitative estimate of drug-likeness (QED) is 0.328. The number of anilines is 1. The van der Waals surface area contributed by atoms with Crippen molar-refractivity contribution in [2.75, 3.05) is 5.32 Å². The van der Waals surface area contributed by atoms with Crippen LogP contribution < -0.4 is 26.2 Å². The second-order valence-electron chi connectivity index (χ2n) is 6.35. The number of hydrogen-bond donors (Lipinski definition) is 4. The Hall–Kier alpha value is -2.59. The number of hydrogen-bond acceptors (Lipinski definition) is 5. The summed E-state index contributed by atoms with van der Waals surface area (Å²) < 4.78 is 5.48. The number of rotatable bonds is 7. The molecule has 0 fully saturated rings. The third-order valence-electron chi connectivity index (χ3n) is 3.85. The minimum absolute atomic E-state index is 0.0788. The molecule has 0 aromatic heterocycles. The molecule has 2 aromatic carbocycles. The highest BCUT2D eigenvalue weighted by atomic mass is 35.5. The average Bonchev–Trinajstić information content (AvgIpc) is 2.74. The van der Waals surface area contributed by atoms with Gasteiger partial charge in [0.2, 0.25) is 11.8 Å². The van der Waals surface area contributed by atoms with Gasteiger partial charge >= 0.3 is 0 Å². The number of benzene rings is 2. The third-order valence-corrected chi connectivity index (χ3v) is 4.91. The van der Waals surface area contributed by atoms with Crippen molar-refractivity contribution >= 4 is 75.5 Å². The maximum atomic E-state index is 12.2. The maximum absolute atomic E-state index is 12.2. The molecule has 1 unspecified atom stereocenters. The Morgan fingerprint density at radius 1 is 0.969 bits per heavy atom. The molecule has 0 aliphatic heterocycles. The number of nitrogens with one attached hydrogen (secondary N) is 4. The first kappa shape index (κ1) is 25.7. The molecular weight excluding hydrogens is 499 g/mol. The van der Waals surface area contributed by atoms with E-state index in [1.165, 1.54) is 19.1 Å². The predicted molar refractivity (Wildman–Crippen MR) is 128 cm³/mol. The lowest BCUT2D eigenvalue weighted by molar-refractivity contribution is -0.126. The lowest BCUT2D eigenvalue weighted by Crippen LogP contribution is -2.51. The molecule has 12 heteroatoms. The van der Waals surface area contributed by atoms with Gasteiger partial charge in [-0.05, 0) is 49.5 Å². The Bertz CT molecular complexity index is 1020. The highest BCUT2D eigenvalue weighted by molar-refractivity contribution is 7.80. The van der Waals surface area contributed by atoms with Crippen molar-refractivity contribution < 1.29 is 19.1 Å². The summed E-state index contributed by atoms with van der Waals surface area (Å²) in [6.07, 6.45) is -1.13. The van der Waals surface area contributed by atoms with Gasteiger partial charge < -0.3 is 10.1 Å². The fourth-order valence-corrected chi connectivity index (χ4v) is 3.04. The molecule has 0 saturated carbocycles. The van der Waals surface area contributed by atoms with E-state index in [0.717, 1.165) is 0 Å². The molecule has 3 amide bonds. The van der Waals surface area contributed by atoms with Crippen LogP contribution in [-0.4, -0.2) is 28.9 Å². The van der Waals surface area contributed by atoms with Gasteiger partial charge in [0.1, 0.15) is 5.75 Å². The van der Waals surface area contributed by atoms with Gasteiger partial charge in [-0.25, -0.2) is 0 Å². The smallest absolute Gasteiger partial charge is 0.266 e. The summed E-state index contributed by atoms with van der Waals surface area (Å²) in [4.78, 5) is 36.0. The Kier molecular flexibility index (Phi) is 9.98. The molecular formula is C20H19Cl3N4O4S. The number of para-hydroxylation sites is 1. The van der Waals surface area contributed by atoms with E-state index in [4.69, 9.17) is 51.8 Å². The Labute approximate surface area is 204 Å². The largest absolute Gasteiger partial charge is 0.479 e. The van der Waals surface area contributed by atoms with Gasteiger partial charge in [-0.3, -0.25) is 30.6 Å². The van der Waals surface area contributed by atoms with E-state index in [1.807, 2.05) is 0 Å². The SMILES string of the molecule is CC(Oc1ccc(Cl)cc1Cl)C(=O)NC(=S)NNC(=O)CCC(=O)Nc1ccccc1Cl. The molecule has 0 saturated heterocycles. The summed E-state index contributed by atoms with van der Waals surface area (Å²) in [5, 5.41) is 5.91. The van der Waals surface area contributed by atoms with E-state index in [9.17, 15) is 14.4 Å².